The molecule has 2 aromatic rings. The first-order valence-corrected chi connectivity index (χ1v) is 9.18. The van der Waals surface area contributed by atoms with Crippen LogP contribution in [0.15, 0.2) is 9.72 Å². The van der Waals surface area contributed by atoms with Gasteiger partial charge in [0, 0.05) is 17.2 Å². The summed E-state index contributed by atoms with van der Waals surface area (Å²) >= 11 is 5.13. The highest BCUT2D eigenvalue weighted by molar-refractivity contribution is 8.00. The van der Waals surface area contributed by atoms with Crippen LogP contribution < -0.4 is 5.32 Å². The summed E-state index contributed by atoms with van der Waals surface area (Å²) < 4.78 is 1.02. The third-order valence-corrected chi connectivity index (χ3v) is 5.70. The number of hydrogen-bond donors (Lipinski definition) is 1. The standard InChI is InChI=1S/C12H16N4S3/c1-2-3-10-13-9(6-17-10)7-18-12-16-15-11(19-12)14-8-4-5-8/h6,8H,2-5,7H2,1H3,(H,14,15). The lowest BCUT2D eigenvalue weighted by Gasteiger charge is -1.94. The molecular formula is C12H16N4S3. The summed E-state index contributed by atoms with van der Waals surface area (Å²) in [4.78, 5) is 4.62. The van der Waals surface area contributed by atoms with Crippen LogP contribution in [-0.2, 0) is 12.2 Å². The van der Waals surface area contributed by atoms with Crippen molar-refractivity contribution in [2.24, 2.45) is 0 Å². The van der Waals surface area contributed by atoms with Gasteiger partial charge in [-0.05, 0) is 25.7 Å². The van der Waals surface area contributed by atoms with Gasteiger partial charge < -0.3 is 5.32 Å². The zero-order valence-electron chi connectivity index (χ0n) is 10.8. The highest BCUT2D eigenvalue weighted by atomic mass is 32.2. The van der Waals surface area contributed by atoms with Gasteiger partial charge in [0.1, 0.15) is 0 Å². The Morgan fingerprint density at radius 2 is 2.32 bits per heavy atom. The van der Waals surface area contributed by atoms with Gasteiger partial charge in [-0.2, -0.15) is 0 Å². The van der Waals surface area contributed by atoms with Crippen molar-refractivity contribution in [3.05, 3.63) is 16.1 Å². The number of rotatable bonds is 7. The zero-order valence-corrected chi connectivity index (χ0v) is 13.2. The second kappa shape index (κ2) is 6.19. The Balaban J connectivity index is 1.51. The van der Waals surface area contributed by atoms with E-state index in [4.69, 9.17) is 0 Å². The van der Waals surface area contributed by atoms with Crippen molar-refractivity contribution in [1.29, 1.82) is 0 Å². The fourth-order valence-corrected chi connectivity index (χ4v) is 4.34. The van der Waals surface area contributed by atoms with Crippen molar-refractivity contribution in [2.45, 2.75) is 48.7 Å². The molecular weight excluding hydrogens is 296 g/mol. The van der Waals surface area contributed by atoms with Crippen molar-refractivity contribution in [1.82, 2.24) is 15.2 Å². The van der Waals surface area contributed by atoms with Crippen LogP contribution in [-0.4, -0.2) is 21.2 Å². The number of aryl methyl sites for hydroxylation is 1. The Bertz CT molecular complexity index is 533. The number of anilines is 1. The van der Waals surface area contributed by atoms with Gasteiger partial charge in [-0.15, -0.1) is 21.5 Å². The Morgan fingerprint density at radius 3 is 3.11 bits per heavy atom. The van der Waals surface area contributed by atoms with Crippen LogP contribution in [0, 0.1) is 0 Å². The van der Waals surface area contributed by atoms with Gasteiger partial charge in [-0.3, -0.25) is 0 Å². The van der Waals surface area contributed by atoms with Crippen LogP contribution in [0.3, 0.4) is 0 Å². The molecule has 0 amide bonds. The molecule has 0 saturated heterocycles. The predicted octanol–water partition coefficient (Wildman–Crippen LogP) is 3.81. The molecule has 0 bridgehead atoms. The molecule has 1 fully saturated rings. The van der Waals surface area contributed by atoms with Crippen LogP contribution in [0.1, 0.15) is 36.9 Å². The SMILES string of the molecule is CCCc1nc(CSc2nnc(NC3CC3)s2)cs1. The van der Waals surface area contributed by atoms with Crippen molar-refractivity contribution < 1.29 is 0 Å². The molecule has 1 N–H and O–H groups in total. The average molecular weight is 312 g/mol. The van der Waals surface area contributed by atoms with E-state index in [9.17, 15) is 0 Å². The van der Waals surface area contributed by atoms with Crippen LogP contribution in [0.4, 0.5) is 5.13 Å². The number of nitrogens with zero attached hydrogens (tertiary/aromatic N) is 3. The van der Waals surface area contributed by atoms with Crippen LogP contribution >= 0.6 is 34.4 Å². The van der Waals surface area contributed by atoms with E-state index in [1.54, 1.807) is 34.4 Å². The van der Waals surface area contributed by atoms with Crippen molar-refractivity contribution in [3.63, 3.8) is 0 Å². The number of aromatic nitrogens is 3. The smallest absolute Gasteiger partial charge is 0.206 e. The molecule has 2 aromatic heterocycles. The maximum absolute atomic E-state index is 4.62. The summed E-state index contributed by atoms with van der Waals surface area (Å²) in [6.07, 6.45) is 4.78. The third kappa shape index (κ3) is 3.90. The molecule has 1 saturated carbocycles. The second-order valence-corrected chi connectivity index (χ2v) is 7.71. The van der Waals surface area contributed by atoms with E-state index in [2.05, 4.69) is 32.8 Å². The normalized spacial score (nSPS) is 14.8. The van der Waals surface area contributed by atoms with Crippen molar-refractivity contribution >= 4 is 39.6 Å². The van der Waals surface area contributed by atoms with E-state index in [-0.39, 0.29) is 0 Å². The quantitative estimate of drug-likeness (QED) is 0.788. The molecule has 102 valence electrons. The monoisotopic (exact) mass is 312 g/mol. The topological polar surface area (TPSA) is 50.7 Å². The highest BCUT2D eigenvalue weighted by Gasteiger charge is 2.22. The number of thiazole rings is 1. The lowest BCUT2D eigenvalue weighted by Crippen LogP contribution is -1.99. The van der Waals surface area contributed by atoms with E-state index < -0.39 is 0 Å². The lowest BCUT2D eigenvalue weighted by molar-refractivity contribution is 0.902. The Morgan fingerprint density at radius 1 is 1.42 bits per heavy atom. The molecule has 0 spiro atoms. The molecule has 1 aliphatic rings. The van der Waals surface area contributed by atoms with Gasteiger partial charge in [0.25, 0.3) is 0 Å². The first-order chi connectivity index (χ1) is 9.33. The fraction of sp³-hybridized carbons (Fsp3) is 0.583. The average Bonchev–Trinajstić information content (AvgIpc) is 2.91. The predicted molar refractivity (Wildman–Crippen MR) is 82.2 cm³/mol. The van der Waals surface area contributed by atoms with Crippen LogP contribution in [0.5, 0.6) is 0 Å². The van der Waals surface area contributed by atoms with Gasteiger partial charge >= 0.3 is 0 Å². The zero-order chi connectivity index (χ0) is 13.1. The van der Waals surface area contributed by atoms with Crippen LogP contribution in [0.25, 0.3) is 0 Å². The van der Waals surface area contributed by atoms with Gasteiger partial charge in [0.15, 0.2) is 4.34 Å². The summed E-state index contributed by atoms with van der Waals surface area (Å²) in [5.41, 5.74) is 1.16. The highest BCUT2D eigenvalue weighted by Crippen LogP contribution is 2.31. The molecule has 0 radical (unpaired) electrons. The van der Waals surface area contributed by atoms with E-state index in [0.717, 1.165) is 33.8 Å². The van der Waals surface area contributed by atoms with E-state index in [1.165, 1.54) is 17.8 Å². The molecule has 0 unspecified atom stereocenters. The summed E-state index contributed by atoms with van der Waals surface area (Å²) in [7, 11) is 0. The number of nitrogens with one attached hydrogen (secondary N) is 1. The van der Waals surface area contributed by atoms with Crippen molar-refractivity contribution in [2.75, 3.05) is 5.32 Å². The Hall–Kier alpha value is -0.660. The molecule has 7 heteroatoms. The molecule has 2 heterocycles. The first kappa shape index (κ1) is 13.3. The molecule has 0 atom stereocenters. The minimum atomic E-state index is 0.640. The minimum Gasteiger partial charge on any atom is -0.357 e. The Kier molecular flexibility index (Phi) is 4.35. The molecule has 3 rings (SSSR count). The van der Waals surface area contributed by atoms with E-state index >= 15 is 0 Å². The molecule has 19 heavy (non-hydrogen) atoms. The third-order valence-electron chi connectivity index (χ3n) is 2.72. The fourth-order valence-electron chi connectivity index (χ4n) is 1.61. The summed E-state index contributed by atoms with van der Waals surface area (Å²) in [6, 6.07) is 0.640. The van der Waals surface area contributed by atoms with Gasteiger partial charge in [0.2, 0.25) is 5.13 Å². The maximum atomic E-state index is 4.62. The van der Waals surface area contributed by atoms with Gasteiger partial charge in [-0.25, -0.2) is 4.98 Å². The van der Waals surface area contributed by atoms with Gasteiger partial charge in [-0.1, -0.05) is 30.0 Å². The van der Waals surface area contributed by atoms with Crippen LogP contribution in [0.2, 0.25) is 0 Å². The van der Waals surface area contributed by atoms with E-state index in [1.807, 2.05) is 0 Å². The molecule has 4 nitrogen and oxygen atoms in total. The summed E-state index contributed by atoms with van der Waals surface area (Å²) in [6.45, 7) is 2.19. The first-order valence-electron chi connectivity index (χ1n) is 6.49. The summed E-state index contributed by atoms with van der Waals surface area (Å²) in [5, 5.41) is 16.1. The molecule has 1 aliphatic carbocycles. The number of hydrogen-bond acceptors (Lipinski definition) is 7. The maximum Gasteiger partial charge on any atom is 0.206 e. The number of thioether (sulfide) groups is 1. The molecule has 0 aliphatic heterocycles. The van der Waals surface area contributed by atoms with Crippen molar-refractivity contribution in [3.8, 4) is 0 Å². The minimum absolute atomic E-state index is 0.640. The lowest BCUT2D eigenvalue weighted by atomic mass is 10.3. The largest absolute Gasteiger partial charge is 0.357 e. The summed E-state index contributed by atoms with van der Waals surface area (Å²) in [5.74, 6) is 0.887. The molecule has 0 aromatic carbocycles. The second-order valence-electron chi connectivity index (χ2n) is 4.56. The van der Waals surface area contributed by atoms with Gasteiger partial charge in [0.05, 0.1) is 10.7 Å². The Labute approximate surface area is 125 Å². The van der Waals surface area contributed by atoms with E-state index in [0.29, 0.717) is 6.04 Å².